The molecule has 2 aliphatic heterocycles. The topological polar surface area (TPSA) is 96.9 Å². The van der Waals surface area contributed by atoms with Gasteiger partial charge in [0.15, 0.2) is 11.5 Å². The van der Waals surface area contributed by atoms with E-state index in [0.29, 0.717) is 29.6 Å². The molecular formula is C22H29N5O4S. The van der Waals surface area contributed by atoms with Gasteiger partial charge in [-0.15, -0.1) is 10.2 Å². The largest absolute Gasteiger partial charge is 0.493 e. The van der Waals surface area contributed by atoms with Gasteiger partial charge in [-0.3, -0.25) is 14.5 Å². The van der Waals surface area contributed by atoms with Crippen LogP contribution in [0.1, 0.15) is 31.2 Å². The van der Waals surface area contributed by atoms with Crippen LogP contribution in [0.3, 0.4) is 0 Å². The average molecular weight is 460 g/mol. The molecule has 9 nitrogen and oxygen atoms in total. The van der Waals surface area contributed by atoms with E-state index in [1.807, 2.05) is 18.2 Å². The van der Waals surface area contributed by atoms with Gasteiger partial charge < -0.3 is 19.7 Å². The normalized spacial score (nSPS) is 17.0. The van der Waals surface area contributed by atoms with Crippen LogP contribution in [0.2, 0.25) is 0 Å². The maximum absolute atomic E-state index is 12.6. The lowest BCUT2D eigenvalue weighted by molar-refractivity contribution is -0.125. The predicted octanol–water partition coefficient (Wildman–Crippen LogP) is 2.26. The van der Waals surface area contributed by atoms with Crippen molar-refractivity contribution in [2.75, 3.05) is 50.2 Å². The number of methoxy groups -OCH3 is 2. The van der Waals surface area contributed by atoms with Crippen molar-refractivity contribution in [3.8, 4) is 11.5 Å². The standard InChI is InChI=1S/C22H29N5O4S/c1-30-17-6-5-15(14-18(17)31-2)7-10-23-20(29)16-8-12-26(13-9-16)21-24-25-22(32-21)27-11-3-4-19(27)28/h5-6,14,16H,3-4,7-13H2,1-2H3,(H,23,29). The van der Waals surface area contributed by atoms with E-state index >= 15 is 0 Å². The zero-order valence-electron chi connectivity index (χ0n) is 18.5. The molecule has 172 valence electrons. The summed E-state index contributed by atoms with van der Waals surface area (Å²) < 4.78 is 10.6. The van der Waals surface area contributed by atoms with Crippen LogP contribution in [0.4, 0.5) is 10.3 Å². The number of ether oxygens (including phenoxy) is 2. The van der Waals surface area contributed by atoms with Crippen molar-refractivity contribution in [2.45, 2.75) is 32.1 Å². The van der Waals surface area contributed by atoms with Crippen LogP contribution in [-0.4, -0.2) is 62.4 Å². The second-order valence-electron chi connectivity index (χ2n) is 8.01. The maximum atomic E-state index is 12.6. The summed E-state index contributed by atoms with van der Waals surface area (Å²) in [5.41, 5.74) is 1.08. The Bertz CT molecular complexity index is 958. The van der Waals surface area contributed by atoms with Gasteiger partial charge >= 0.3 is 0 Å². The Hall–Kier alpha value is -2.88. The molecule has 10 heteroatoms. The summed E-state index contributed by atoms with van der Waals surface area (Å²) >= 11 is 1.46. The quantitative estimate of drug-likeness (QED) is 0.647. The summed E-state index contributed by atoms with van der Waals surface area (Å²) in [6.45, 7) is 2.82. The second kappa shape index (κ2) is 10.2. The molecule has 1 aromatic carbocycles. The smallest absolute Gasteiger partial charge is 0.228 e. The Balaban J connectivity index is 1.23. The van der Waals surface area contributed by atoms with E-state index in [1.165, 1.54) is 11.3 Å². The van der Waals surface area contributed by atoms with E-state index in [9.17, 15) is 9.59 Å². The second-order valence-corrected chi connectivity index (χ2v) is 8.94. The number of nitrogens with zero attached hydrogens (tertiary/aromatic N) is 4. The zero-order chi connectivity index (χ0) is 22.5. The number of anilines is 2. The fraction of sp³-hybridized carbons (Fsp3) is 0.545. The number of aromatic nitrogens is 2. The number of hydrogen-bond acceptors (Lipinski definition) is 8. The zero-order valence-corrected chi connectivity index (χ0v) is 19.3. The van der Waals surface area contributed by atoms with Gasteiger partial charge in [0, 0.05) is 38.5 Å². The van der Waals surface area contributed by atoms with E-state index in [4.69, 9.17) is 9.47 Å². The molecule has 4 rings (SSSR count). The van der Waals surface area contributed by atoms with Crippen molar-refractivity contribution in [2.24, 2.45) is 5.92 Å². The number of nitrogens with one attached hydrogen (secondary N) is 1. The first-order chi connectivity index (χ1) is 15.6. The number of amides is 2. The van der Waals surface area contributed by atoms with Gasteiger partial charge in [-0.05, 0) is 43.4 Å². The van der Waals surface area contributed by atoms with Gasteiger partial charge in [-0.25, -0.2) is 0 Å². The highest BCUT2D eigenvalue weighted by atomic mass is 32.1. The Labute approximate surface area is 191 Å². The Kier molecular flexibility index (Phi) is 7.09. The third-order valence-corrected chi connectivity index (χ3v) is 7.01. The first-order valence-electron chi connectivity index (χ1n) is 11.0. The van der Waals surface area contributed by atoms with Crippen molar-refractivity contribution < 1.29 is 19.1 Å². The molecule has 1 aromatic heterocycles. The number of carbonyl (C=O) groups excluding carboxylic acids is 2. The minimum atomic E-state index is 0.00389. The molecule has 32 heavy (non-hydrogen) atoms. The molecular weight excluding hydrogens is 430 g/mol. The van der Waals surface area contributed by atoms with Crippen molar-refractivity contribution in [3.63, 3.8) is 0 Å². The van der Waals surface area contributed by atoms with Gasteiger partial charge in [-0.1, -0.05) is 17.4 Å². The molecule has 2 aliphatic rings. The lowest BCUT2D eigenvalue weighted by Gasteiger charge is -2.30. The molecule has 2 fully saturated rings. The van der Waals surface area contributed by atoms with Crippen molar-refractivity contribution >= 4 is 33.4 Å². The fourth-order valence-corrected chi connectivity index (χ4v) is 5.08. The van der Waals surface area contributed by atoms with Gasteiger partial charge in [0.25, 0.3) is 0 Å². The summed E-state index contributed by atoms with van der Waals surface area (Å²) in [5, 5.41) is 13.1. The Morgan fingerprint density at radius 1 is 1.12 bits per heavy atom. The van der Waals surface area contributed by atoms with Crippen LogP contribution in [-0.2, 0) is 16.0 Å². The number of hydrogen-bond donors (Lipinski definition) is 1. The minimum Gasteiger partial charge on any atom is -0.493 e. The van der Waals surface area contributed by atoms with Crippen LogP contribution in [0.25, 0.3) is 0 Å². The molecule has 1 N–H and O–H groups in total. The number of piperidine rings is 1. The summed E-state index contributed by atoms with van der Waals surface area (Å²) in [6.07, 6.45) is 3.74. The van der Waals surface area contributed by atoms with Crippen LogP contribution >= 0.6 is 11.3 Å². The molecule has 0 unspecified atom stereocenters. The number of carbonyl (C=O) groups is 2. The van der Waals surface area contributed by atoms with Gasteiger partial charge in [-0.2, -0.15) is 0 Å². The molecule has 2 amide bonds. The lowest BCUT2D eigenvalue weighted by Crippen LogP contribution is -2.41. The van der Waals surface area contributed by atoms with E-state index < -0.39 is 0 Å². The summed E-state index contributed by atoms with van der Waals surface area (Å²) in [7, 11) is 3.23. The van der Waals surface area contributed by atoms with Crippen LogP contribution in [0, 0.1) is 5.92 Å². The van der Waals surface area contributed by atoms with Crippen molar-refractivity contribution in [1.29, 1.82) is 0 Å². The van der Waals surface area contributed by atoms with E-state index in [-0.39, 0.29) is 17.7 Å². The number of benzene rings is 1. The molecule has 0 saturated carbocycles. The maximum Gasteiger partial charge on any atom is 0.228 e. The van der Waals surface area contributed by atoms with E-state index in [0.717, 1.165) is 56.0 Å². The third-order valence-electron chi connectivity index (χ3n) is 6.01. The van der Waals surface area contributed by atoms with Crippen LogP contribution in [0.5, 0.6) is 11.5 Å². The number of rotatable bonds is 8. The van der Waals surface area contributed by atoms with Gasteiger partial charge in [0.1, 0.15) is 0 Å². The average Bonchev–Trinajstić information content (AvgIpc) is 3.48. The highest BCUT2D eigenvalue weighted by molar-refractivity contribution is 7.19. The summed E-state index contributed by atoms with van der Waals surface area (Å²) in [6, 6.07) is 5.80. The predicted molar refractivity (Wildman–Crippen MR) is 123 cm³/mol. The van der Waals surface area contributed by atoms with E-state index in [1.54, 1.807) is 19.1 Å². The highest BCUT2D eigenvalue weighted by Gasteiger charge is 2.29. The van der Waals surface area contributed by atoms with Gasteiger partial charge in [0.05, 0.1) is 14.2 Å². The first-order valence-corrected chi connectivity index (χ1v) is 11.8. The SMILES string of the molecule is COc1ccc(CCNC(=O)C2CCN(c3nnc(N4CCCC4=O)s3)CC2)cc1OC. The first kappa shape index (κ1) is 22.3. The molecule has 0 radical (unpaired) electrons. The fourth-order valence-electron chi connectivity index (χ4n) is 4.14. The van der Waals surface area contributed by atoms with Crippen LogP contribution < -0.4 is 24.6 Å². The monoisotopic (exact) mass is 459 g/mol. The minimum absolute atomic E-state index is 0.00389. The van der Waals surface area contributed by atoms with Crippen molar-refractivity contribution in [3.05, 3.63) is 23.8 Å². The molecule has 3 heterocycles. The summed E-state index contributed by atoms with van der Waals surface area (Å²) in [5.74, 6) is 1.62. The Morgan fingerprint density at radius 2 is 1.88 bits per heavy atom. The summed E-state index contributed by atoms with van der Waals surface area (Å²) in [4.78, 5) is 28.4. The molecule has 2 aromatic rings. The van der Waals surface area contributed by atoms with Crippen molar-refractivity contribution in [1.82, 2.24) is 15.5 Å². The molecule has 0 aliphatic carbocycles. The Morgan fingerprint density at radius 3 is 2.56 bits per heavy atom. The molecule has 0 spiro atoms. The molecule has 2 saturated heterocycles. The highest BCUT2D eigenvalue weighted by Crippen LogP contribution is 2.32. The third kappa shape index (κ3) is 4.95. The van der Waals surface area contributed by atoms with E-state index in [2.05, 4.69) is 20.4 Å². The van der Waals surface area contributed by atoms with Crippen LogP contribution in [0.15, 0.2) is 18.2 Å². The van der Waals surface area contributed by atoms with Gasteiger partial charge in [0.2, 0.25) is 22.1 Å². The molecule has 0 atom stereocenters. The molecule has 0 bridgehead atoms. The lowest BCUT2D eigenvalue weighted by atomic mass is 9.96.